The maximum absolute atomic E-state index is 7.13. The molecule has 2 aliphatic heterocycles. The summed E-state index contributed by atoms with van der Waals surface area (Å²) in [5.41, 5.74) is 4.30. The van der Waals surface area contributed by atoms with Gasteiger partial charge in [0.2, 0.25) is 0 Å². The van der Waals surface area contributed by atoms with Crippen LogP contribution in [0.4, 0.5) is 0 Å². The molecule has 208 valence electrons. The summed E-state index contributed by atoms with van der Waals surface area (Å²) >= 11 is 0. The molecule has 6 aliphatic carbocycles. The molecule has 6 saturated carbocycles. The second-order valence-corrected chi connectivity index (χ2v) is 15.2. The second kappa shape index (κ2) is 8.37. The number of benzene rings is 2. The Hall–Kier alpha value is -1.85. The van der Waals surface area contributed by atoms with E-state index in [4.69, 9.17) is 18.6 Å². The average Bonchev–Trinajstić information content (AvgIpc) is 3.48. The summed E-state index contributed by atoms with van der Waals surface area (Å²) in [6.45, 7) is 14.3. The van der Waals surface area contributed by atoms with Crippen molar-refractivity contribution in [3.05, 3.63) is 71.8 Å². The molecular formula is C34H42B2O4. The van der Waals surface area contributed by atoms with Crippen LogP contribution < -0.4 is 0 Å². The standard InChI is InChI=1S/C34H42B2O4/c1-31(2)23-17-25(31)33(5)27(19-23)37-35(39-33)29(21-13-9-7-10-14-21)30(22-15-11-8-12-16-22)36-38-28-20-24-18-26(32(24,3)4)34(28,6)40-36/h7-16,23-28H,17-20H2,1-6H3/b30-29-/t23?,24?,25?,26?,27-,28-,33+,34+/m0/s1. The van der Waals surface area contributed by atoms with Gasteiger partial charge in [0.15, 0.2) is 0 Å². The molecule has 40 heavy (non-hydrogen) atoms. The van der Waals surface area contributed by atoms with Gasteiger partial charge in [-0.05, 0) is 96.1 Å². The lowest BCUT2D eigenvalue weighted by atomic mass is 9.43. The monoisotopic (exact) mass is 536 g/mol. The summed E-state index contributed by atoms with van der Waals surface area (Å²) < 4.78 is 28.2. The quantitative estimate of drug-likeness (QED) is 0.308. The minimum Gasteiger partial charge on any atom is -0.402 e. The maximum atomic E-state index is 7.13. The molecule has 4 nitrogen and oxygen atoms in total. The minimum atomic E-state index is -0.476. The van der Waals surface area contributed by atoms with Crippen LogP contribution >= 0.6 is 0 Å². The predicted molar refractivity (Wildman–Crippen MR) is 160 cm³/mol. The molecule has 8 atom stereocenters. The van der Waals surface area contributed by atoms with Gasteiger partial charge in [0.05, 0.1) is 23.4 Å². The smallest absolute Gasteiger partial charge is 0.402 e. The van der Waals surface area contributed by atoms with Crippen molar-refractivity contribution in [2.45, 2.75) is 90.6 Å². The fourth-order valence-electron chi connectivity index (χ4n) is 10.0. The minimum absolute atomic E-state index is 0.101. The predicted octanol–water partition coefficient (Wildman–Crippen LogP) is 7.13. The van der Waals surface area contributed by atoms with Crippen LogP contribution in [-0.2, 0) is 18.6 Å². The molecular weight excluding hydrogens is 494 g/mol. The first kappa shape index (κ1) is 25.8. The first-order valence-electron chi connectivity index (χ1n) is 15.5. The van der Waals surface area contributed by atoms with Crippen LogP contribution in [0, 0.1) is 34.5 Å². The van der Waals surface area contributed by atoms with Crippen LogP contribution in [0.2, 0.25) is 0 Å². The second-order valence-electron chi connectivity index (χ2n) is 15.2. The van der Waals surface area contributed by atoms with E-state index >= 15 is 0 Å². The molecule has 4 unspecified atom stereocenters. The molecule has 2 aromatic carbocycles. The molecule has 0 spiro atoms. The Balaban J connectivity index is 1.26. The van der Waals surface area contributed by atoms with Gasteiger partial charge in [-0.1, -0.05) is 88.4 Å². The molecule has 6 heteroatoms. The van der Waals surface area contributed by atoms with Gasteiger partial charge in [-0.25, -0.2) is 0 Å². The fraction of sp³-hybridized carbons (Fsp3) is 0.588. The lowest BCUT2D eigenvalue weighted by Gasteiger charge is -2.64. The summed E-state index contributed by atoms with van der Waals surface area (Å²) in [4.78, 5) is 0. The van der Waals surface area contributed by atoms with Gasteiger partial charge >= 0.3 is 14.2 Å². The largest absolute Gasteiger partial charge is 0.494 e. The van der Waals surface area contributed by atoms with Crippen LogP contribution in [0.15, 0.2) is 60.7 Å². The molecule has 8 fully saturated rings. The zero-order valence-electron chi connectivity index (χ0n) is 24.9. The molecule has 2 heterocycles. The number of rotatable bonds is 4. The fourth-order valence-corrected chi connectivity index (χ4v) is 10.0. The van der Waals surface area contributed by atoms with Gasteiger partial charge in [0.1, 0.15) is 0 Å². The third kappa shape index (κ3) is 3.31. The molecule has 2 saturated heterocycles. The highest BCUT2D eigenvalue weighted by atomic mass is 16.7. The van der Waals surface area contributed by atoms with Gasteiger partial charge in [-0.15, -0.1) is 0 Å². The highest BCUT2D eigenvalue weighted by molar-refractivity contribution is 6.82. The van der Waals surface area contributed by atoms with Crippen molar-refractivity contribution in [3.8, 4) is 0 Å². The van der Waals surface area contributed by atoms with Gasteiger partial charge in [0.25, 0.3) is 0 Å². The zero-order chi connectivity index (χ0) is 27.7. The zero-order valence-corrected chi connectivity index (χ0v) is 24.9. The first-order valence-corrected chi connectivity index (χ1v) is 15.5. The van der Waals surface area contributed by atoms with Crippen molar-refractivity contribution in [2.75, 3.05) is 0 Å². The highest BCUT2D eigenvalue weighted by Gasteiger charge is 2.70. The van der Waals surface area contributed by atoms with E-state index in [2.05, 4.69) is 102 Å². The van der Waals surface area contributed by atoms with Crippen molar-refractivity contribution in [1.82, 2.24) is 0 Å². The molecule has 2 aromatic rings. The lowest BCUT2D eigenvalue weighted by molar-refractivity contribution is -0.199. The Morgan fingerprint density at radius 3 is 1.30 bits per heavy atom. The van der Waals surface area contributed by atoms with E-state index in [0.717, 1.165) is 34.9 Å². The van der Waals surface area contributed by atoms with Crippen molar-refractivity contribution in [3.63, 3.8) is 0 Å². The third-order valence-electron chi connectivity index (χ3n) is 12.8. The van der Waals surface area contributed by atoms with E-state index in [9.17, 15) is 0 Å². The van der Waals surface area contributed by atoms with Crippen molar-refractivity contribution in [2.24, 2.45) is 34.5 Å². The summed E-state index contributed by atoms with van der Waals surface area (Å²) in [7, 11) is -0.953. The molecule has 8 aliphatic rings. The maximum Gasteiger partial charge on any atom is 0.494 e. The molecule has 0 aromatic heterocycles. The van der Waals surface area contributed by atoms with Crippen molar-refractivity contribution in [1.29, 1.82) is 0 Å². The molecule has 0 amide bonds. The Labute approximate surface area is 240 Å². The average molecular weight is 536 g/mol. The van der Waals surface area contributed by atoms with Crippen LogP contribution in [0.5, 0.6) is 0 Å². The number of hydrogen-bond acceptors (Lipinski definition) is 4. The Bertz CT molecular complexity index is 1260. The van der Waals surface area contributed by atoms with E-state index < -0.39 is 14.2 Å². The molecule has 4 bridgehead atoms. The van der Waals surface area contributed by atoms with E-state index in [1.54, 1.807) is 0 Å². The molecule has 0 radical (unpaired) electrons. The molecule has 10 rings (SSSR count). The highest BCUT2D eigenvalue weighted by Crippen LogP contribution is 2.67. The third-order valence-corrected chi connectivity index (χ3v) is 12.8. The first-order chi connectivity index (χ1) is 19.0. The van der Waals surface area contributed by atoms with Gasteiger partial charge < -0.3 is 18.6 Å². The topological polar surface area (TPSA) is 36.9 Å². The van der Waals surface area contributed by atoms with Crippen LogP contribution in [0.1, 0.15) is 78.4 Å². The van der Waals surface area contributed by atoms with Crippen LogP contribution in [0.25, 0.3) is 10.9 Å². The number of hydrogen-bond donors (Lipinski definition) is 0. The summed E-state index contributed by atoms with van der Waals surface area (Å²) in [6, 6.07) is 21.3. The van der Waals surface area contributed by atoms with E-state index in [1.807, 2.05) is 0 Å². The van der Waals surface area contributed by atoms with Crippen LogP contribution in [0.3, 0.4) is 0 Å². The van der Waals surface area contributed by atoms with Gasteiger partial charge in [0, 0.05) is 0 Å². The van der Waals surface area contributed by atoms with Gasteiger partial charge in [-0.2, -0.15) is 0 Å². The van der Waals surface area contributed by atoms with E-state index in [1.165, 1.54) is 12.8 Å². The van der Waals surface area contributed by atoms with E-state index in [0.29, 0.717) is 23.7 Å². The van der Waals surface area contributed by atoms with Gasteiger partial charge in [-0.3, -0.25) is 0 Å². The van der Waals surface area contributed by atoms with Crippen LogP contribution in [-0.4, -0.2) is 37.6 Å². The van der Waals surface area contributed by atoms with Crippen molar-refractivity contribution < 1.29 is 18.6 Å². The summed E-state index contributed by atoms with van der Waals surface area (Å²) in [5.74, 6) is 2.41. The Morgan fingerprint density at radius 2 is 0.950 bits per heavy atom. The molecule has 0 N–H and O–H groups in total. The summed E-state index contributed by atoms with van der Waals surface area (Å²) in [6.07, 6.45) is 4.80. The SMILES string of the molecule is CC1(C)C2CC1[C@@]1(C)OB(/C(=C(\B3O[C@H]4CC5CC(C5(C)C)[C@@]4(C)O3)c3ccccc3)c3ccccc3)O[C@H]1C2. The Morgan fingerprint density at radius 1 is 0.575 bits per heavy atom. The normalized spacial score (nSPS) is 42.4. The summed E-state index contributed by atoms with van der Waals surface area (Å²) in [5, 5.41) is 0. The van der Waals surface area contributed by atoms with Crippen molar-refractivity contribution >= 4 is 25.2 Å². The Kier molecular flexibility index (Phi) is 5.41. The lowest BCUT2D eigenvalue weighted by Crippen LogP contribution is -2.65. The van der Waals surface area contributed by atoms with E-state index in [-0.39, 0.29) is 34.2 Å².